The van der Waals surface area contributed by atoms with E-state index in [1.165, 1.54) is 12.1 Å². The number of anilines is 2. The molecule has 2 aromatic carbocycles. The summed E-state index contributed by atoms with van der Waals surface area (Å²) >= 11 is 0. The zero-order chi connectivity index (χ0) is 19.8. The zero-order valence-corrected chi connectivity index (χ0v) is 16.2. The molecule has 5 rings (SSSR count). The minimum Gasteiger partial charge on any atom is -0.379 e. The highest BCUT2D eigenvalue weighted by Crippen LogP contribution is 2.30. The molecule has 2 N–H and O–H groups in total. The molecule has 3 heterocycles. The van der Waals surface area contributed by atoms with E-state index in [0.29, 0.717) is 42.4 Å². The highest BCUT2D eigenvalue weighted by atomic mass is 32.2. The van der Waals surface area contributed by atoms with Crippen molar-refractivity contribution in [3.63, 3.8) is 0 Å². The lowest BCUT2D eigenvalue weighted by Gasteiger charge is -2.25. The molecule has 0 saturated carbocycles. The molecule has 0 amide bonds. The van der Waals surface area contributed by atoms with Crippen LogP contribution in [0.5, 0.6) is 0 Å². The summed E-state index contributed by atoms with van der Waals surface area (Å²) in [6.45, 7) is 2.42. The van der Waals surface area contributed by atoms with Crippen LogP contribution in [-0.4, -0.2) is 50.0 Å². The minimum absolute atomic E-state index is 0.329. The third-order valence-corrected chi connectivity index (χ3v) is 6.39. The lowest BCUT2D eigenvalue weighted by atomic mass is 10.2. The summed E-state index contributed by atoms with van der Waals surface area (Å²) in [5.74, 6) is 0.191. The summed E-state index contributed by atoms with van der Waals surface area (Å²) in [6, 6.07) is 11.9. The van der Waals surface area contributed by atoms with Crippen molar-refractivity contribution in [1.82, 2.24) is 19.5 Å². The molecule has 1 unspecified atom stereocenters. The molecule has 4 aromatic rings. The van der Waals surface area contributed by atoms with E-state index in [9.17, 15) is 8.60 Å². The first kappa shape index (κ1) is 18.2. The van der Waals surface area contributed by atoms with Gasteiger partial charge in [0.15, 0.2) is 5.82 Å². The Labute approximate surface area is 168 Å². The van der Waals surface area contributed by atoms with Gasteiger partial charge in [0.05, 0.1) is 34.8 Å². The van der Waals surface area contributed by atoms with Crippen LogP contribution >= 0.6 is 0 Å². The summed E-state index contributed by atoms with van der Waals surface area (Å²) < 4.78 is 33.9. The number of nitrogens with one attached hydrogen (secondary N) is 2. The number of hydrogen-bond donors (Lipinski definition) is 2. The summed E-state index contributed by atoms with van der Waals surface area (Å²) in [5, 5.41) is 11.9. The Morgan fingerprint density at radius 2 is 1.97 bits per heavy atom. The Balaban J connectivity index is 1.53. The second-order valence-corrected chi connectivity index (χ2v) is 8.20. The number of aromatic nitrogens is 3. The number of ether oxygens (including phenoxy) is 1. The van der Waals surface area contributed by atoms with Crippen molar-refractivity contribution in [3.8, 4) is 0 Å². The van der Waals surface area contributed by atoms with Gasteiger partial charge in [-0.25, -0.2) is 12.9 Å². The van der Waals surface area contributed by atoms with Crippen LogP contribution < -0.4 is 5.32 Å². The number of halogens is 1. The van der Waals surface area contributed by atoms with Crippen molar-refractivity contribution < 1.29 is 13.3 Å². The summed E-state index contributed by atoms with van der Waals surface area (Å²) in [6.07, 6.45) is 1.69. The van der Waals surface area contributed by atoms with Crippen molar-refractivity contribution in [3.05, 3.63) is 54.5 Å². The van der Waals surface area contributed by atoms with E-state index >= 15 is 0 Å². The van der Waals surface area contributed by atoms with E-state index in [-0.39, 0.29) is 5.82 Å². The van der Waals surface area contributed by atoms with E-state index in [2.05, 4.69) is 20.5 Å². The molecule has 29 heavy (non-hydrogen) atoms. The second kappa shape index (κ2) is 7.51. The first-order valence-electron chi connectivity index (χ1n) is 9.23. The summed E-state index contributed by atoms with van der Waals surface area (Å²) in [4.78, 5) is 5.10. The standard InChI is InChI=1S/C20H18FN5O2S/c21-13-1-3-19-16(11-13)20(25-24-19)23-18-5-6-22-17-4-2-14(12-15(17)18)29(27)26-7-9-28-10-8-26/h1-6,11-12H,7-10H2,(H2,22,23,24,25). The van der Waals surface area contributed by atoms with Gasteiger partial charge in [-0.2, -0.15) is 5.10 Å². The van der Waals surface area contributed by atoms with Crippen LogP contribution in [-0.2, 0) is 15.7 Å². The second-order valence-electron chi connectivity index (χ2n) is 6.72. The quantitative estimate of drug-likeness (QED) is 0.538. The van der Waals surface area contributed by atoms with Crippen molar-refractivity contribution in [2.45, 2.75) is 4.90 Å². The van der Waals surface area contributed by atoms with Gasteiger partial charge in [0.2, 0.25) is 0 Å². The fourth-order valence-electron chi connectivity index (χ4n) is 3.41. The van der Waals surface area contributed by atoms with E-state index in [4.69, 9.17) is 4.74 Å². The summed E-state index contributed by atoms with van der Waals surface area (Å²) in [5.41, 5.74) is 2.26. The molecule has 1 fully saturated rings. The maximum atomic E-state index is 13.7. The fraction of sp³-hybridized carbons (Fsp3) is 0.200. The number of morpholine rings is 1. The highest BCUT2D eigenvalue weighted by molar-refractivity contribution is 7.82. The van der Waals surface area contributed by atoms with Crippen LogP contribution in [0.15, 0.2) is 53.6 Å². The van der Waals surface area contributed by atoms with Gasteiger partial charge in [-0.15, -0.1) is 0 Å². The van der Waals surface area contributed by atoms with Gasteiger partial charge < -0.3 is 10.1 Å². The van der Waals surface area contributed by atoms with Crippen LogP contribution in [0.2, 0.25) is 0 Å². The lowest BCUT2D eigenvalue weighted by molar-refractivity contribution is 0.0752. The molecular weight excluding hydrogens is 393 g/mol. The number of H-pyrrole nitrogens is 1. The predicted octanol–water partition coefficient (Wildman–Crippen LogP) is 3.35. The topological polar surface area (TPSA) is 83.1 Å². The first-order chi connectivity index (χ1) is 14.2. The molecule has 2 aromatic heterocycles. The fourth-order valence-corrected chi connectivity index (χ4v) is 4.60. The van der Waals surface area contributed by atoms with Gasteiger partial charge in [-0.3, -0.25) is 10.1 Å². The number of fused-ring (bicyclic) bond motifs is 2. The zero-order valence-electron chi connectivity index (χ0n) is 15.4. The van der Waals surface area contributed by atoms with Gasteiger partial charge in [-0.1, -0.05) is 0 Å². The van der Waals surface area contributed by atoms with E-state index in [1.807, 2.05) is 28.6 Å². The van der Waals surface area contributed by atoms with Crippen molar-refractivity contribution in [2.75, 3.05) is 31.6 Å². The normalized spacial score (nSPS) is 16.3. The monoisotopic (exact) mass is 411 g/mol. The largest absolute Gasteiger partial charge is 0.379 e. The van der Waals surface area contributed by atoms with Crippen LogP contribution in [0.4, 0.5) is 15.9 Å². The molecule has 0 radical (unpaired) electrons. The van der Waals surface area contributed by atoms with Crippen LogP contribution in [0.25, 0.3) is 21.8 Å². The van der Waals surface area contributed by atoms with E-state index in [0.717, 1.165) is 22.1 Å². The molecule has 1 saturated heterocycles. The molecule has 0 spiro atoms. The Morgan fingerprint density at radius 3 is 2.83 bits per heavy atom. The molecule has 1 aliphatic heterocycles. The maximum absolute atomic E-state index is 13.7. The van der Waals surface area contributed by atoms with E-state index in [1.54, 1.807) is 12.3 Å². The number of rotatable bonds is 4. The highest BCUT2D eigenvalue weighted by Gasteiger charge is 2.19. The molecule has 148 valence electrons. The lowest BCUT2D eigenvalue weighted by Crippen LogP contribution is -2.37. The van der Waals surface area contributed by atoms with Gasteiger partial charge in [-0.05, 0) is 42.5 Å². The SMILES string of the molecule is O=S(c1ccc2nccc(Nc3n[nH]c4ccc(F)cc34)c2c1)N1CCOCC1. The summed E-state index contributed by atoms with van der Waals surface area (Å²) in [7, 11) is -1.27. The minimum atomic E-state index is -1.27. The van der Waals surface area contributed by atoms with Crippen LogP contribution in [0, 0.1) is 5.82 Å². The van der Waals surface area contributed by atoms with Gasteiger partial charge in [0, 0.05) is 30.1 Å². The Bertz CT molecular complexity index is 1220. The molecule has 7 nitrogen and oxygen atoms in total. The van der Waals surface area contributed by atoms with Gasteiger partial charge in [0.25, 0.3) is 0 Å². The Hall–Kier alpha value is -2.88. The number of benzene rings is 2. The van der Waals surface area contributed by atoms with Gasteiger partial charge >= 0.3 is 0 Å². The molecule has 1 atom stereocenters. The first-order valence-corrected chi connectivity index (χ1v) is 10.3. The third-order valence-electron chi connectivity index (χ3n) is 4.90. The van der Waals surface area contributed by atoms with Crippen LogP contribution in [0.1, 0.15) is 0 Å². The average molecular weight is 411 g/mol. The van der Waals surface area contributed by atoms with Crippen molar-refractivity contribution in [1.29, 1.82) is 0 Å². The predicted molar refractivity (Wildman–Crippen MR) is 110 cm³/mol. The molecule has 0 aliphatic carbocycles. The maximum Gasteiger partial charge on any atom is 0.160 e. The molecule has 0 bridgehead atoms. The molecule has 9 heteroatoms. The smallest absolute Gasteiger partial charge is 0.160 e. The Kier molecular flexibility index (Phi) is 4.70. The van der Waals surface area contributed by atoms with Gasteiger partial charge in [0.1, 0.15) is 16.8 Å². The number of aromatic amines is 1. The van der Waals surface area contributed by atoms with Crippen molar-refractivity contribution >= 4 is 44.3 Å². The Morgan fingerprint density at radius 1 is 1.10 bits per heavy atom. The molecular formula is C20H18FN5O2S. The molecule has 1 aliphatic rings. The van der Waals surface area contributed by atoms with E-state index < -0.39 is 11.0 Å². The number of nitrogens with zero attached hydrogens (tertiary/aromatic N) is 3. The third kappa shape index (κ3) is 3.48. The van der Waals surface area contributed by atoms with Crippen molar-refractivity contribution in [2.24, 2.45) is 0 Å². The number of pyridine rings is 1. The van der Waals surface area contributed by atoms with Crippen LogP contribution in [0.3, 0.4) is 0 Å². The number of hydrogen-bond acceptors (Lipinski definition) is 5. The average Bonchev–Trinajstić information content (AvgIpc) is 3.15.